The van der Waals surface area contributed by atoms with Gasteiger partial charge in [-0.25, -0.2) is 0 Å². The Hall–Kier alpha value is -0.0600. The van der Waals surface area contributed by atoms with E-state index in [1.54, 1.807) is 0 Å². The molecular formula is C18H10Br2I2O2. The maximum atomic E-state index is 5.96. The minimum atomic E-state index is 0.586. The molecule has 0 spiro atoms. The van der Waals surface area contributed by atoms with E-state index in [9.17, 15) is 0 Å². The lowest BCUT2D eigenvalue weighted by Gasteiger charge is -2.29. The summed E-state index contributed by atoms with van der Waals surface area (Å²) >= 11 is 12.0. The average molecular weight is 672 g/mol. The lowest BCUT2D eigenvalue weighted by atomic mass is 9.89. The molecule has 2 nitrogen and oxygen atoms in total. The second kappa shape index (κ2) is 6.92. The van der Waals surface area contributed by atoms with E-state index >= 15 is 0 Å². The van der Waals surface area contributed by atoms with Gasteiger partial charge in [0.1, 0.15) is 24.7 Å². The Morgan fingerprint density at radius 2 is 1.12 bits per heavy atom. The summed E-state index contributed by atoms with van der Waals surface area (Å²) in [5, 5.41) is 0. The zero-order chi connectivity index (χ0) is 16.8. The van der Waals surface area contributed by atoms with Crippen molar-refractivity contribution in [1.29, 1.82) is 0 Å². The number of fused-ring (bicyclic) bond motifs is 2. The molecule has 0 aliphatic carbocycles. The molecule has 2 aliphatic rings. The zero-order valence-electron chi connectivity index (χ0n) is 12.2. The molecule has 0 atom stereocenters. The molecule has 0 saturated carbocycles. The summed E-state index contributed by atoms with van der Waals surface area (Å²) in [6.07, 6.45) is 0. The van der Waals surface area contributed by atoms with Crippen LogP contribution in [0.25, 0.3) is 11.1 Å². The minimum absolute atomic E-state index is 0.586. The molecule has 0 saturated heterocycles. The zero-order valence-corrected chi connectivity index (χ0v) is 19.7. The van der Waals surface area contributed by atoms with Gasteiger partial charge in [-0.1, -0.05) is 24.3 Å². The fourth-order valence-electron chi connectivity index (χ4n) is 2.95. The van der Waals surface area contributed by atoms with Gasteiger partial charge in [-0.15, -0.1) is 0 Å². The Bertz CT molecular complexity index is 844. The Kier molecular flexibility index (Phi) is 5.01. The second-order valence-corrected chi connectivity index (χ2v) is 9.68. The number of para-hydroxylation sites is 2. The Morgan fingerprint density at radius 3 is 1.54 bits per heavy atom. The highest BCUT2D eigenvalue weighted by Gasteiger charge is 2.30. The fraction of sp³-hybridized carbons (Fsp3) is 0.111. The summed E-state index contributed by atoms with van der Waals surface area (Å²) in [7, 11) is 0. The quantitative estimate of drug-likeness (QED) is 0.305. The van der Waals surface area contributed by atoms with Crippen molar-refractivity contribution in [3.8, 4) is 11.5 Å². The molecule has 122 valence electrons. The molecule has 6 heteroatoms. The van der Waals surface area contributed by atoms with Gasteiger partial charge in [-0.2, -0.15) is 0 Å². The van der Waals surface area contributed by atoms with Crippen LogP contribution in [0.4, 0.5) is 0 Å². The standard InChI is InChI=1S/C18H10Br2I2O2/c19-11-5-1-3-9-15(13(21)7-23-17(9)11)16-10-4-2-6-12(20)18(10)24-8-14(16)22/h1-6H,7-8H2. The molecule has 2 heterocycles. The first kappa shape index (κ1) is 17.4. The van der Waals surface area contributed by atoms with Gasteiger partial charge in [0.15, 0.2) is 0 Å². The molecule has 2 aromatic rings. The number of benzene rings is 2. The lowest BCUT2D eigenvalue weighted by Crippen LogP contribution is -2.14. The number of allylic oxidation sites excluding steroid dienone is 2. The number of hydrogen-bond acceptors (Lipinski definition) is 2. The van der Waals surface area contributed by atoms with E-state index in [4.69, 9.17) is 9.47 Å². The molecule has 0 amide bonds. The van der Waals surface area contributed by atoms with Crippen molar-refractivity contribution in [2.45, 2.75) is 0 Å². The topological polar surface area (TPSA) is 18.5 Å². The normalized spacial score (nSPS) is 16.3. The Morgan fingerprint density at radius 1 is 0.708 bits per heavy atom. The van der Waals surface area contributed by atoms with Gasteiger partial charge in [0.2, 0.25) is 0 Å². The Balaban J connectivity index is 2.00. The van der Waals surface area contributed by atoms with Gasteiger partial charge >= 0.3 is 0 Å². The van der Waals surface area contributed by atoms with Crippen LogP contribution in [0.5, 0.6) is 11.5 Å². The summed E-state index contributed by atoms with van der Waals surface area (Å²) in [6.45, 7) is 1.17. The van der Waals surface area contributed by atoms with Crippen LogP contribution in [0.2, 0.25) is 0 Å². The molecule has 2 aliphatic heterocycles. The molecule has 0 fully saturated rings. The van der Waals surface area contributed by atoms with E-state index in [2.05, 4.69) is 101 Å². The van der Waals surface area contributed by atoms with Crippen LogP contribution >= 0.6 is 77.0 Å². The molecule has 0 aromatic heterocycles. The van der Waals surface area contributed by atoms with Crippen molar-refractivity contribution < 1.29 is 9.47 Å². The Labute approximate surface area is 184 Å². The minimum Gasteiger partial charge on any atom is -0.487 e. The molecule has 0 bridgehead atoms. The number of ether oxygens (including phenoxy) is 2. The lowest BCUT2D eigenvalue weighted by molar-refractivity contribution is 0.351. The van der Waals surface area contributed by atoms with Crippen LogP contribution in [0.15, 0.2) is 52.5 Å². The predicted molar refractivity (Wildman–Crippen MR) is 121 cm³/mol. The van der Waals surface area contributed by atoms with Crippen LogP contribution in [-0.4, -0.2) is 13.2 Å². The monoisotopic (exact) mass is 670 g/mol. The van der Waals surface area contributed by atoms with Crippen molar-refractivity contribution in [2.75, 3.05) is 13.2 Å². The third kappa shape index (κ3) is 2.87. The van der Waals surface area contributed by atoms with E-state index < -0.39 is 0 Å². The van der Waals surface area contributed by atoms with Gasteiger partial charge in [-0.3, -0.25) is 0 Å². The highest BCUT2D eigenvalue weighted by molar-refractivity contribution is 14.1. The largest absolute Gasteiger partial charge is 0.487 e. The first-order valence-electron chi connectivity index (χ1n) is 7.19. The number of rotatable bonds is 1. The predicted octanol–water partition coefficient (Wildman–Crippen LogP) is 6.99. The molecule has 0 radical (unpaired) electrons. The molecule has 4 rings (SSSR count). The number of halogens is 4. The van der Waals surface area contributed by atoms with Crippen LogP contribution in [0.3, 0.4) is 0 Å². The van der Waals surface area contributed by atoms with Crippen molar-refractivity contribution in [3.05, 3.63) is 63.6 Å². The number of hydrogen-bond donors (Lipinski definition) is 0. The summed E-state index contributed by atoms with van der Waals surface area (Å²) in [6, 6.07) is 12.4. The van der Waals surface area contributed by atoms with Crippen molar-refractivity contribution in [2.24, 2.45) is 0 Å². The SMILES string of the molecule is Brc1cccc2c1OCC(I)=C2C1=C(I)COc2c(Br)cccc21. The second-order valence-electron chi connectivity index (χ2n) is 5.37. The summed E-state index contributed by atoms with van der Waals surface area (Å²) in [5.74, 6) is 1.82. The average Bonchev–Trinajstić information content (AvgIpc) is 2.56. The van der Waals surface area contributed by atoms with E-state index in [-0.39, 0.29) is 0 Å². The molecule has 0 N–H and O–H groups in total. The van der Waals surface area contributed by atoms with Gasteiger partial charge in [0, 0.05) is 29.4 Å². The summed E-state index contributed by atoms with van der Waals surface area (Å²) in [5.41, 5.74) is 4.73. The first-order chi connectivity index (χ1) is 11.6. The molecule has 2 aromatic carbocycles. The van der Waals surface area contributed by atoms with E-state index in [0.717, 1.165) is 31.6 Å². The molecule has 0 unspecified atom stereocenters. The van der Waals surface area contributed by atoms with E-state index in [1.807, 2.05) is 12.1 Å². The summed E-state index contributed by atoms with van der Waals surface area (Å²) < 4.78 is 16.3. The third-order valence-electron chi connectivity index (χ3n) is 3.95. The van der Waals surface area contributed by atoms with Crippen LogP contribution in [0, 0.1) is 0 Å². The van der Waals surface area contributed by atoms with E-state index in [0.29, 0.717) is 13.2 Å². The van der Waals surface area contributed by atoms with Crippen LogP contribution in [0.1, 0.15) is 11.1 Å². The van der Waals surface area contributed by atoms with Crippen molar-refractivity contribution in [1.82, 2.24) is 0 Å². The van der Waals surface area contributed by atoms with Crippen LogP contribution < -0.4 is 9.47 Å². The third-order valence-corrected chi connectivity index (χ3v) is 6.90. The van der Waals surface area contributed by atoms with Crippen molar-refractivity contribution >= 4 is 88.2 Å². The van der Waals surface area contributed by atoms with Gasteiger partial charge < -0.3 is 9.47 Å². The fourth-order valence-corrected chi connectivity index (χ4v) is 5.35. The van der Waals surface area contributed by atoms with Crippen LogP contribution in [-0.2, 0) is 0 Å². The van der Waals surface area contributed by atoms with Crippen molar-refractivity contribution in [3.63, 3.8) is 0 Å². The van der Waals surface area contributed by atoms with Gasteiger partial charge in [0.25, 0.3) is 0 Å². The van der Waals surface area contributed by atoms with Gasteiger partial charge in [0.05, 0.1) is 8.95 Å². The van der Waals surface area contributed by atoms with E-state index in [1.165, 1.54) is 18.3 Å². The highest BCUT2D eigenvalue weighted by Crippen LogP contribution is 2.51. The smallest absolute Gasteiger partial charge is 0.141 e. The maximum absolute atomic E-state index is 5.96. The first-order valence-corrected chi connectivity index (χ1v) is 10.9. The molecule has 24 heavy (non-hydrogen) atoms. The summed E-state index contributed by atoms with van der Waals surface area (Å²) in [4.78, 5) is 0. The highest BCUT2D eigenvalue weighted by atomic mass is 127. The maximum Gasteiger partial charge on any atom is 0.141 e. The van der Waals surface area contributed by atoms with Gasteiger partial charge in [-0.05, 0) is 89.2 Å². The molecular weight excluding hydrogens is 662 g/mol.